The van der Waals surface area contributed by atoms with E-state index < -0.39 is 0 Å². The highest BCUT2D eigenvalue weighted by Gasteiger charge is 2.27. The summed E-state index contributed by atoms with van der Waals surface area (Å²) in [7, 11) is 0. The Labute approximate surface area is 153 Å². The van der Waals surface area contributed by atoms with Crippen LogP contribution in [0.4, 0.5) is 0 Å². The Morgan fingerprint density at radius 3 is 2.38 bits per heavy atom. The van der Waals surface area contributed by atoms with Gasteiger partial charge < -0.3 is 9.47 Å². The number of hydrogen-bond donors (Lipinski definition) is 1. The third-order valence-electron chi connectivity index (χ3n) is 4.40. The Morgan fingerprint density at radius 2 is 1.65 bits per heavy atom. The summed E-state index contributed by atoms with van der Waals surface area (Å²) in [4.78, 5) is 23.9. The highest BCUT2D eigenvalue weighted by molar-refractivity contribution is 5.89. The average molecular weight is 353 g/mol. The Bertz CT molecular complexity index is 717. The van der Waals surface area contributed by atoms with Crippen molar-refractivity contribution < 1.29 is 19.1 Å². The molecule has 136 valence electrons. The zero-order valence-corrected chi connectivity index (χ0v) is 14.6. The Balaban J connectivity index is 1.35. The zero-order chi connectivity index (χ0) is 18.2. The number of hydrogen-bond acceptors (Lipinski definition) is 5. The van der Waals surface area contributed by atoms with Crippen molar-refractivity contribution >= 4 is 11.9 Å². The summed E-state index contributed by atoms with van der Waals surface area (Å²) < 4.78 is 10.8. The van der Waals surface area contributed by atoms with Gasteiger partial charge in [0.25, 0.3) is 0 Å². The molecule has 2 aromatic rings. The molecule has 1 heterocycles. The standard InChI is InChI=1S/C21H23NO4/c23-20(25-15-16-7-3-1-4-8-16)14-12-18-11-13-19(22-18)26-21(24)17-9-5-2-6-10-17/h1-10,18-19,22H,11-15H2. The molecule has 0 radical (unpaired) electrons. The molecule has 26 heavy (non-hydrogen) atoms. The first-order valence-corrected chi connectivity index (χ1v) is 8.92. The molecule has 2 atom stereocenters. The van der Waals surface area contributed by atoms with Crippen LogP contribution in [-0.2, 0) is 20.9 Å². The molecule has 0 bridgehead atoms. The predicted molar refractivity (Wildman–Crippen MR) is 97.3 cm³/mol. The van der Waals surface area contributed by atoms with E-state index in [-0.39, 0.29) is 24.2 Å². The zero-order valence-electron chi connectivity index (χ0n) is 14.6. The molecule has 1 fully saturated rings. The van der Waals surface area contributed by atoms with Gasteiger partial charge >= 0.3 is 11.9 Å². The minimum atomic E-state index is -0.328. The molecule has 2 unspecified atom stereocenters. The van der Waals surface area contributed by atoms with Gasteiger partial charge in [-0.2, -0.15) is 0 Å². The van der Waals surface area contributed by atoms with Gasteiger partial charge in [0.15, 0.2) is 6.23 Å². The summed E-state index contributed by atoms with van der Waals surface area (Å²) in [5.74, 6) is -0.536. The smallest absolute Gasteiger partial charge is 0.339 e. The van der Waals surface area contributed by atoms with Crippen LogP contribution < -0.4 is 5.32 Å². The summed E-state index contributed by atoms with van der Waals surface area (Å²) in [5, 5.41) is 3.27. The largest absolute Gasteiger partial charge is 0.461 e. The third kappa shape index (κ3) is 5.43. The minimum absolute atomic E-state index is 0.160. The van der Waals surface area contributed by atoms with Gasteiger partial charge in [0.05, 0.1) is 5.56 Å². The molecule has 1 saturated heterocycles. The van der Waals surface area contributed by atoms with E-state index in [0.717, 1.165) is 18.4 Å². The molecule has 0 aromatic heterocycles. The fourth-order valence-corrected chi connectivity index (χ4v) is 2.98. The van der Waals surface area contributed by atoms with Crippen LogP contribution in [0.2, 0.25) is 0 Å². The molecule has 0 spiro atoms. The maximum Gasteiger partial charge on any atom is 0.339 e. The van der Waals surface area contributed by atoms with Crippen LogP contribution >= 0.6 is 0 Å². The molecule has 2 aromatic carbocycles. The second-order valence-electron chi connectivity index (χ2n) is 6.39. The van der Waals surface area contributed by atoms with Crippen LogP contribution in [0.5, 0.6) is 0 Å². The SMILES string of the molecule is O=C(CCC1CCC(OC(=O)c2ccccc2)N1)OCc1ccccc1. The number of rotatable bonds is 7. The van der Waals surface area contributed by atoms with E-state index in [1.54, 1.807) is 12.1 Å². The van der Waals surface area contributed by atoms with Crippen LogP contribution in [0.25, 0.3) is 0 Å². The van der Waals surface area contributed by atoms with Crippen molar-refractivity contribution in [3.63, 3.8) is 0 Å². The Hall–Kier alpha value is -2.66. The van der Waals surface area contributed by atoms with Gasteiger partial charge in [-0.1, -0.05) is 48.5 Å². The second-order valence-corrected chi connectivity index (χ2v) is 6.39. The first-order valence-electron chi connectivity index (χ1n) is 8.92. The number of carbonyl (C=O) groups is 2. The monoisotopic (exact) mass is 353 g/mol. The normalized spacial score (nSPS) is 19.1. The van der Waals surface area contributed by atoms with Crippen molar-refractivity contribution in [1.82, 2.24) is 5.32 Å². The van der Waals surface area contributed by atoms with E-state index in [9.17, 15) is 9.59 Å². The summed E-state index contributed by atoms with van der Waals surface area (Å²) in [6.45, 7) is 0.301. The van der Waals surface area contributed by atoms with Crippen LogP contribution in [0.15, 0.2) is 60.7 Å². The number of nitrogens with one attached hydrogen (secondary N) is 1. The van der Waals surface area contributed by atoms with Gasteiger partial charge in [0, 0.05) is 12.5 Å². The maximum absolute atomic E-state index is 12.1. The van der Waals surface area contributed by atoms with Crippen molar-refractivity contribution in [3.05, 3.63) is 71.8 Å². The van der Waals surface area contributed by atoms with E-state index in [0.29, 0.717) is 25.0 Å². The lowest BCUT2D eigenvalue weighted by atomic mass is 10.1. The van der Waals surface area contributed by atoms with Crippen molar-refractivity contribution in [1.29, 1.82) is 0 Å². The molecule has 0 aliphatic carbocycles. The first-order chi connectivity index (χ1) is 12.7. The van der Waals surface area contributed by atoms with E-state index in [1.807, 2.05) is 48.5 Å². The van der Waals surface area contributed by atoms with Gasteiger partial charge in [0.1, 0.15) is 6.61 Å². The lowest BCUT2D eigenvalue weighted by molar-refractivity contribution is -0.145. The minimum Gasteiger partial charge on any atom is -0.461 e. The molecule has 1 aliphatic heterocycles. The van der Waals surface area contributed by atoms with E-state index in [2.05, 4.69) is 5.32 Å². The second kappa shape index (κ2) is 9.15. The summed E-state index contributed by atoms with van der Waals surface area (Å²) >= 11 is 0. The molecule has 0 amide bonds. The van der Waals surface area contributed by atoms with Crippen molar-refractivity contribution in [3.8, 4) is 0 Å². The van der Waals surface area contributed by atoms with Crippen LogP contribution in [0, 0.1) is 0 Å². The Morgan fingerprint density at radius 1 is 0.962 bits per heavy atom. The van der Waals surface area contributed by atoms with Gasteiger partial charge in [0.2, 0.25) is 0 Å². The summed E-state index contributed by atoms with van der Waals surface area (Å²) in [6, 6.07) is 18.7. The van der Waals surface area contributed by atoms with Crippen LogP contribution in [0.1, 0.15) is 41.6 Å². The van der Waals surface area contributed by atoms with Crippen LogP contribution in [0.3, 0.4) is 0 Å². The molecule has 5 nitrogen and oxygen atoms in total. The topological polar surface area (TPSA) is 64.6 Å². The summed E-state index contributed by atoms with van der Waals surface area (Å²) in [5.41, 5.74) is 1.52. The maximum atomic E-state index is 12.1. The number of ether oxygens (including phenoxy) is 2. The Kier molecular flexibility index (Phi) is 6.39. The fourth-order valence-electron chi connectivity index (χ4n) is 2.98. The molecule has 1 aliphatic rings. The molecule has 3 rings (SSSR count). The van der Waals surface area contributed by atoms with Crippen molar-refractivity contribution in [2.75, 3.05) is 0 Å². The number of esters is 2. The van der Waals surface area contributed by atoms with Gasteiger partial charge in [-0.3, -0.25) is 10.1 Å². The van der Waals surface area contributed by atoms with Crippen molar-refractivity contribution in [2.24, 2.45) is 0 Å². The molecular weight excluding hydrogens is 330 g/mol. The fraction of sp³-hybridized carbons (Fsp3) is 0.333. The number of carbonyl (C=O) groups excluding carboxylic acids is 2. The van der Waals surface area contributed by atoms with E-state index >= 15 is 0 Å². The molecule has 5 heteroatoms. The highest BCUT2D eigenvalue weighted by atomic mass is 16.6. The molecule has 0 saturated carbocycles. The van der Waals surface area contributed by atoms with Crippen molar-refractivity contribution in [2.45, 2.75) is 44.6 Å². The molecular formula is C21H23NO4. The summed E-state index contributed by atoms with van der Waals surface area (Å²) in [6.07, 6.45) is 2.35. The first kappa shape index (κ1) is 18.1. The van der Waals surface area contributed by atoms with E-state index in [1.165, 1.54) is 0 Å². The van der Waals surface area contributed by atoms with Gasteiger partial charge in [-0.05, 0) is 37.0 Å². The average Bonchev–Trinajstić information content (AvgIpc) is 3.13. The lowest BCUT2D eigenvalue weighted by Gasteiger charge is -2.15. The molecule has 1 N–H and O–H groups in total. The van der Waals surface area contributed by atoms with Crippen LogP contribution in [-0.4, -0.2) is 24.2 Å². The van der Waals surface area contributed by atoms with Gasteiger partial charge in [-0.15, -0.1) is 0 Å². The van der Waals surface area contributed by atoms with E-state index in [4.69, 9.17) is 9.47 Å². The quantitative estimate of drug-likeness (QED) is 0.773. The predicted octanol–water partition coefficient (Wildman–Crippen LogP) is 3.45. The lowest BCUT2D eigenvalue weighted by Crippen LogP contribution is -2.33. The highest BCUT2D eigenvalue weighted by Crippen LogP contribution is 2.19. The number of benzene rings is 2. The van der Waals surface area contributed by atoms with Gasteiger partial charge in [-0.25, -0.2) is 4.79 Å². The third-order valence-corrected chi connectivity index (χ3v) is 4.40.